The van der Waals surface area contributed by atoms with Crippen molar-refractivity contribution in [2.45, 2.75) is 6.92 Å². The summed E-state index contributed by atoms with van der Waals surface area (Å²) in [6.45, 7) is 2.52. The third-order valence-corrected chi connectivity index (χ3v) is 2.41. The first-order chi connectivity index (χ1) is 7.66. The van der Waals surface area contributed by atoms with Gasteiger partial charge in [-0.15, -0.1) is 0 Å². The summed E-state index contributed by atoms with van der Waals surface area (Å²) in [5, 5.41) is 0.500. The van der Waals surface area contributed by atoms with Crippen molar-refractivity contribution in [3.63, 3.8) is 0 Å². The molecule has 0 fully saturated rings. The molecule has 16 heavy (non-hydrogen) atoms. The lowest BCUT2D eigenvalue weighted by Crippen LogP contribution is -2.15. The van der Waals surface area contributed by atoms with Crippen molar-refractivity contribution in [1.82, 2.24) is 0 Å². The topological polar surface area (TPSA) is 35.5 Å². The van der Waals surface area contributed by atoms with Crippen LogP contribution in [0.1, 0.15) is 12.5 Å². The Bertz CT molecular complexity index is 452. The van der Waals surface area contributed by atoms with Gasteiger partial charge in [0.2, 0.25) is 0 Å². The maximum Gasteiger partial charge on any atom is 0.179 e. The number of carbonyl (C=O) groups is 1. The first-order valence-electron chi connectivity index (χ1n) is 4.94. The first kappa shape index (κ1) is 11.0. The number of benzene rings is 1. The van der Waals surface area contributed by atoms with Gasteiger partial charge in [-0.05, 0) is 30.7 Å². The third kappa shape index (κ3) is 2.36. The predicted molar refractivity (Wildman–Crippen MR) is 62.2 cm³/mol. The van der Waals surface area contributed by atoms with E-state index in [2.05, 4.69) is 0 Å². The molecule has 0 N–H and O–H groups in total. The van der Waals surface area contributed by atoms with E-state index in [1.54, 1.807) is 18.2 Å². The van der Waals surface area contributed by atoms with Crippen LogP contribution in [-0.4, -0.2) is 19.0 Å². The second-order valence-electron chi connectivity index (χ2n) is 3.47. The monoisotopic (exact) mass is 238 g/mol. The Morgan fingerprint density at radius 3 is 2.88 bits per heavy atom. The van der Waals surface area contributed by atoms with Gasteiger partial charge in [0.15, 0.2) is 17.3 Å². The van der Waals surface area contributed by atoms with Crippen LogP contribution in [0.2, 0.25) is 5.02 Å². The Morgan fingerprint density at radius 1 is 1.38 bits per heavy atom. The number of ether oxygens (including phenoxy) is 2. The van der Waals surface area contributed by atoms with Gasteiger partial charge in [0.1, 0.15) is 13.2 Å². The Hall–Kier alpha value is -1.48. The molecule has 1 heterocycles. The normalized spacial score (nSPS) is 14.1. The summed E-state index contributed by atoms with van der Waals surface area (Å²) in [7, 11) is 0. The van der Waals surface area contributed by atoms with Crippen molar-refractivity contribution in [1.29, 1.82) is 0 Å². The number of halogens is 1. The van der Waals surface area contributed by atoms with Crippen molar-refractivity contribution >= 4 is 23.5 Å². The molecule has 0 unspecified atom stereocenters. The highest BCUT2D eigenvalue weighted by molar-refractivity contribution is 6.32. The number of fused-ring (bicyclic) bond motifs is 1. The molecule has 0 aliphatic carbocycles. The number of ketones is 1. The molecule has 0 aromatic heterocycles. The minimum atomic E-state index is -0.00832. The maximum absolute atomic E-state index is 10.8. The van der Waals surface area contributed by atoms with Gasteiger partial charge < -0.3 is 9.47 Å². The van der Waals surface area contributed by atoms with Crippen LogP contribution in [0.15, 0.2) is 18.2 Å². The number of hydrogen-bond donors (Lipinski definition) is 0. The summed E-state index contributed by atoms with van der Waals surface area (Å²) >= 11 is 6.04. The fourth-order valence-corrected chi connectivity index (χ4v) is 1.71. The fourth-order valence-electron chi connectivity index (χ4n) is 1.44. The lowest BCUT2D eigenvalue weighted by Gasteiger charge is -2.19. The smallest absolute Gasteiger partial charge is 0.179 e. The molecule has 3 nitrogen and oxygen atoms in total. The van der Waals surface area contributed by atoms with Crippen molar-refractivity contribution in [2.24, 2.45) is 0 Å². The Labute approximate surface area is 98.6 Å². The lowest BCUT2D eigenvalue weighted by molar-refractivity contribution is -0.112. The van der Waals surface area contributed by atoms with E-state index in [1.807, 2.05) is 0 Å². The quantitative estimate of drug-likeness (QED) is 0.744. The fraction of sp³-hybridized carbons (Fsp3) is 0.250. The first-order valence-corrected chi connectivity index (χ1v) is 5.32. The highest BCUT2D eigenvalue weighted by atomic mass is 35.5. The zero-order valence-electron chi connectivity index (χ0n) is 8.83. The number of rotatable bonds is 2. The zero-order chi connectivity index (χ0) is 11.5. The van der Waals surface area contributed by atoms with Crippen LogP contribution >= 0.6 is 11.6 Å². The summed E-state index contributed by atoms with van der Waals surface area (Å²) in [5.74, 6) is 1.20. The van der Waals surface area contributed by atoms with Crippen LogP contribution in [0.4, 0.5) is 0 Å². The van der Waals surface area contributed by atoms with Crippen molar-refractivity contribution in [3.05, 3.63) is 28.8 Å². The van der Waals surface area contributed by atoms with Gasteiger partial charge in [-0.25, -0.2) is 0 Å². The molecule has 0 atom stereocenters. The van der Waals surface area contributed by atoms with Crippen LogP contribution in [-0.2, 0) is 4.79 Å². The molecule has 1 aromatic carbocycles. The SMILES string of the molecule is CC(=O)C=Cc1cc(Cl)c2c(c1)OCCO2. The largest absolute Gasteiger partial charge is 0.486 e. The number of allylic oxidation sites excluding steroid dienone is 1. The van der Waals surface area contributed by atoms with E-state index in [-0.39, 0.29) is 5.78 Å². The summed E-state index contributed by atoms with van der Waals surface area (Å²) in [6.07, 6.45) is 3.19. The molecule has 2 rings (SSSR count). The van der Waals surface area contributed by atoms with Crippen molar-refractivity contribution in [3.8, 4) is 11.5 Å². The third-order valence-electron chi connectivity index (χ3n) is 2.13. The molecule has 84 valence electrons. The van der Waals surface area contributed by atoms with Crippen LogP contribution in [0.25, 0.3) is 6.08 Å². The van der Waals surface area contributed by atoms with Gasteiger partial charge in [-0.3, -0.25) is 4.79 Å². The molecule has 1 aromatic rings. The van der Waals surface area contributed by atoms with E-state index >= 15 is 0 Å². The summed E-state index contributed by atoms with van der Waals surface area (Å²) < 4.78 is 10.8. The molecular formula is C12H11ClO3. The molecule has 0 saturated heterocycles. The van der Waals surface area contributed by atoms with Gasteiger partial charge in [0, 0.05) is 0 Å². The van der Waals surface area contributed by atoms with Crippen LogP contribution in [0, 0.1) is 0 Å². The minimum absolute atomic E-state index is 0.00832. The minimum Gasteiger partial charge on any atom is -0.486 e. The van der Waals surface area contributed by atoms with Gasteiger partial charge >= 0.3 is 0 Å². The average Bonchev–Trinajstić information content (AvgIpc) is 2.26. The summed E-state index contributed by atoms with van der Waals surface area (Å²) in [5.41, 5.74) is 0.824. The number of hydrogen-bond acceptors (Lipinski definition) is 3. The zero-order valence-corrected chi connectivity index (χ0v) is 9.58. The van der Waals surface area contributed by atoms with E-state index in [4.69, 9.17) is 21.1 Å². The second-order valence-corrected chi connectivity index (χ2v) is 3.88. The summed E-state index contributed by atoms with van der Waals surface area (Å²) in [6, 6.07) is 3.55. The van der Waals surface area contributed by atoms with E-state index in [0.29, 0.717) is 29.7 Å². The highest BCUT2D eigenvalue weighted by Crippen LogP contribution is 2.38. The van der Waals surface area contributed by atoms with E-state index in [9.17, 15) is 4.79 Å². The molecule has 0 amide bonds. The Kier molecular flexibility index (Phi) is 3.15. The van der Waals surface area contributed by atoms with E-state index in [0.717, 1.165) is 5.56 Å². The molecular weight excluding hydrogens is 228 g/mol. The van der Waals surface area contributed by atoms with Crippen LogP contribution < -0.4 is 9.47 Å². The molecule has 1 aliphatic rings. The Balaban J connectivity index is 2.35. The molecule has 4 heteroatoms. The van der Waals surface area contributed by atoms with Gasteiger partial charge in [-0.2, -0.15) is 0 Å². The molecule has 0 radical (unpaired) electrons. The summed E-state index contributed by atoms with van der Waals surface area (Å²) in [4.78, 5) is 10.8. The van der Waals surface area contributed by atoms with E-state index in [1.165, 1.54) is 13.0 Å². The van der Waals surface area contributed by atoms with E-state index < -0.39 is 0 Å². The highest BCUT2D eigenvalue weighted by Gasteiger charge is 2.15. The van der Waals surface area contributed by atoms with Gasteiger partial charge in [0.25, 0.3) is 0 Å². The number of carbonyl (C=O) groups excluding carboxylic acids is 1. The lowest BCUT2D eigenvalue weighted by atomic mass is 10.1. The van der Waals surface area contributed by atoms with Gasteiger partial charge in [-0.1, -0.05) is 17.7 Å². The van der Waals surface area contributed by atoms with Crippen molar-refractivity contribution in [2.75, 3.05) is 13.2 Å². The van der Waals surface area contributed by atoms with Gasteiger partial charge in [0.05, 0.1) is 5.02 Å². The molecule has 1 aliphatic heterocycles. The maximum atomic E-state index is 10.8. The molecule has 0 bridgehead atoms. The Morgan fingerprint density at radius 2 is 2.12 bits per heavy atom. The average molecular weight is 239 g/mol. The van der Waals surface area contributed by atoms with Crippen molar-refractivity contribution < 1.29 is 14.3 Å². The van der Waals surface area contributed by atoms with Crippen LogP contribution in [0.5, 0.6) is 11.5 Å². The molecule has 0 spiro atoms. The molecule has 0 saturated carbocycles. The standard InChI is InChI=1S/C12H11ClO3/c1-8(14)2-3-9-6-10(13)12-11(7-9)15-4-5-16-12/h2-3,6-7H,4-5H2,1H3. The second kappa shape index (κ2) is 4.58. The van der Waals surface area contributed by atoms with Crippen LogP contribution in [0.3, 0.4) is 0 Å². The predicted octanol–water partition coefficient (Wildman–Crippen LogP) is 2.71.